The Kier molecular flexibility index (Phi) is 5.55. The SMILES string of the molecule is CC(C)N(C(=O)c1ccccc1-c1nccnc1N1CCCC1)C(C)C. The third-order valence-corrected chi connectivity index (χ3v) is 4.84. The van der Waals surface area contributed by atoms with Crippen molar-refractivity contribution < 1.29 is 4.79 Å². The topological polar surface area (TPSA) is 49.3 Å². The highest BCUT2D eigenvalue weighted by Crippen LogP contribution is 2.32. The van der Waals surface area contributed by atoms with E-state index in [1.54, 1.807) is 12.4 Å². The van der Waals surface area contributed by atoms with Gasteiger partial charge in [0.1, 0.15) is 5.69 Å². The third-order valence-electron chi connectivity index (χ3n) is 4.84. The number of nitrogens with zero attached hydrogens (tertiary/aromatic N) is 4. The summed E-state index contributed by atoms with van der Waals surface area (Å²) in [5.41, 5.74) is 2.35. The molecular formula is C21H28N4O. The first kappa shape index (κ1) is 18.4. The highest BCUT2D eigenvalue weighted by molar-refractivity contribution is 6.01. The van der Waals surface area contributed by atoms with Crippen molar-refractivity contribution in [3.63, 3.8) is 0 Å². The molecule has 1 fully saturated rings. The van der Waals surface area contributed by atoms with E-state index in [-0.39, 0.29) is 18.0 Å². The number of rotatable bonds is 5. The highest BCUT2D eigenvalue weighted by Gasteiger charge is 2.26. The van der Waals surface area contributed by atoms with Crippen molar-refractivity contribution in [2.45, 2.75) is 52.6 Å². The van der Waals surface area contributed by atoms with Crippen molar-refractivity contribution in [3.8, 4) is 11.3 Å². The summed E-state index contributed by atoms with van der Waals surface area (Å²) < 4.78 is 0. The molecule has 1 saturated heterocycles. The van der Waals surface area contributed by atoms with Crippen LogP contribution in [0.2, 0.25) is 0 Å². The van der Waals surface area contributed by atoms with Crippen molar-refractivity contribution in [2.75, 3.05) is 18.0 Å². The smallest absolute Gasteiger partial charge is 0.255 e. The summed E-state index contributed by atoms with van der Waals surface area (Å²) in [5.74, 6) is 0.925. The lowest BCUT2D eigenvalue weighted by atomic mass is 10.0. The summed E-state index contributed by atoms with van der Waals surface area (Å²) in [6, 6.07) is 8.03. The molecule has 138 valence electrons. The second-order valence-electron chi connectivity index (χ2n) is 7.37. The molecule has 5 heteroatoms. The first-order valence-electron chi connectivity index (χ1n) is 9.48. The normalized spacial score (nSPS) is 14.3. The fourth-order valence-corrected chi connectivity index (χ4v) is 3.76. The van der Waals surface area contributed by atoms with Gasteiger partial charge in [-0.15, -0.1) is 0 Å². The predicted octanol–water partition coefficient (Wildman–Crippen LogP) is 4.00. The van der Waals surface area contributed by atoms with Gasteiger partial charge in [-0.1, -0.05) is 18.2 Å². The highest BCUT2D eigenvalue weighted by atomic mass is 16.2. The van der Waals surface area contributed by atoms with Crippen molar-refractivity contribution >= 4 is 11.7 Å². The number of anilines is 1. The van der Waals surface area contributed by atoms with Gasteiger partial charge in [0.15, 0.2) is 5.82 Å². The first-order chi connectivity index (χ1) is 12.5. The van der Waals surface area contributed by atoms with E-state index in [4.69, 9.17) is 0 Å². The molecule has 0 aliphatic carbocycles. The maximum atomic E-state index is 13.3. The molecule has 0 N–H and O–H groups in total. The van der Waals surface area contributed by atoms with Gasteiger partial charge in [0.2, 0.25) is 0 Å². The van der Waals surface area contributed by atoms with Crippen LogP contribution in [0.25, 0.3) is 11.3 Å². The summed E-state index contributed by atoms with van der Waals surface area (Å²) in [5, 5.41) is 0. The van der Waals surface area contributed by atoms with E-state index in [2.05, 4.69) is 42.6 Å². The molecule has 0 atom stereocenters. The molecule has 2 aromatic rings. The van der Waals surface area contributed by atoms with Gasteiger partial charge >= 0.3 is 0 Å². The number of carbonyl (C=O) groups is 1. The number of amides is 1. The Labute approximate surface area is 156 Å². The minimum absolute atomic E-state index is 0.0450. The van der Waals surface area contributed by atoms with Crippen LogP contribution in [0, 0.1) is 0 Å². The van der Waals surface area contributed by atoms with Gasteiger partial charge in [-0.3, -0.25) is 9.78 Å². The molecule has 0 bridgehead atoms. The molecule has 0 unspecified atom stereocenters. The molecular weight excluding hydrogens is 324 g/mol. The van der Waals surface area contributed by atoms with E-state index in [9.17, 15) is 4.79 Å². The summed E-state index contributed by atoms with van der Waals surface area (Å²) in [4.78, 5) is 26.7. The Morgan fingerprint density at radius 3 is 2.27 bits per heavy atom. The van der Waals surface area contributed by atoms with E-state index in [0.717, 1.165) is 30.2 Å². The van der Waals surface area contributed by atoms with Crippen LogP contribution in [0.4, 0.5) is 5.82 Å². The number of benzene rings is 1. The third kappa shape index (κ3) is 3.57. The lowest BCUT2D eigenvalue weighted by molar-refractivity contribution is 0.0644. The number of carbonyl (C=O) groups excluding carboxylic acids is 1. The zero-order valence-electron chi connectivity index (χ0n) is 16.1. The van der Waals surface area contributed by atoms with Crippen LogP contribution in [0.3, 0.4) is 0 Å². The van der Waals surface area contributed by atoms with Crippen LogP contribution < -0.4 is 4.90 Å². The summed E-state index contributed by atoms with van der Waals surface area (Å²) in [6.07, 6.45) is 5.78. The maximum absolute atomic E-state index is 13.3. The van der Waals surface area contributed by atoms with Gasteiger partial charge in [-0.25, -0.2) is 4.98 Å². The maximum Gasteiger partial charge on any atom is 0.255 e. The van der Waals surface area contributed by atoms with Crippen molar-refractivity contribution in [2.24, 2.45) is 0 Å². The molecule has 26 heavy (non-hydrogen) atoms. The molecule has 5 nitrogen and oxygen atoms in total. The number of aromatic nitrogens is 2. The molecule has 0 saturated carbocycles. The molecule has 1 aliphatic heterocycles. The zero-order chi connectivity index (χ0) is 18.7. The molecule has 1 aliphatic rings. The molecule has 1 amide bonds. The second-order valence-corrected chi connectivity index (χ2v) is 7.37. The molecule has 1 aromatic heterocycles. The van der Waals surface area contributed by atoms with Crippen LogP contribution in [0.1, 0.15) is 50.9 Å². The largest absolute Gasteiger partial charge is 0.355 e. The van der Waals surface area contributed by atoms with Crippen molar-refractivity contribution in [3.05, 3.63) is 42.2 Å². The number of hydrogen-bond donors (Lipinski definition) is 0. The summed E-state index contributed by atoms with van der Waals surface area (Å²) >= 11 is 0. The van der Waals surface area contributed by atoms with Crippen molar-refractivity contribution in [1.82, 2.24) is 14.9 Å². The average molecular weight is 352 g/mol. The quantitative estimate of drug-likeness (QED) is 0.816. The van der Waals surface area contributed by atoms with E-state index >= 15 is 0 Å². The lowest BCUT2D eigenvalue weighted by Crippen LogP contribution is -2.42. The van der Waals surface area contributed by atoms with Crippen LogP contribution in [-0.2, 0) is 0 Å². The van der Waals surface area contributed by atoms with Crippen LogP contribution in [-0.4, -0.2) is 45.9 Å². The van der Waals surface area contributed by atoms with E-state index < -0.39 is 0 Å². The minimum atomic E-state index is 0.0450. The average Bonchev–Trinajstić information content (AvgIpc) is 3.15. The fraction of sp³-hybridized carbons (Fsp3) is 0.476. The second kappa shape index (κ2) is 7.85. The van der Waals surface area contributed by atoms with E-state index in [0.29, 0.717) is 5.56 Å². The predicted molar refractivity (Wildman–Crippen MR) is 105 cm³/mol. The van der Waals surface area contributed by atoms with Gasteiger partial charge in [0, 0.05) is 48.7 Å². The fourth-order valence-electron chi connectivity index (χ4n) is 3.76. The van der Waals surface area contributed by atoms with Crippen LogP contribution in [0.15, 0.2) is 36.7 Å². The zero-order valence-corrected chi connectivity index (χ0v) is 16.1. The van der Waals surface area contributed by atoms with Crippen LogP contribution >= 0.6 is 0 Å². The molecule has 0 spiro atoms. The number of hydrogen-bond acceptors (Lipinski definition) is 4. The minimum Gasteiger partial charge on any atom is -0.355 e. The summed E-state index contributed by atoms with van der Waals surface area (Å²) in [6.45, 7) is 10.2. The van der Waals surface area contributed by atoms with Crippen molar-refractivity contribution in [1.29, 1.82) is 0 Å². The molecule has 2 heterocycles. The molecule has 0 radical (unpaired) electrons. The molecule has 1 aromatic carbocycles. The Morgan fingerprint density at radius 1 is 1.00 bits per heavy atom. The molecule has 3 rings (SSSR count). The van der Waals surface area contributed by atoms with Gasteiger partial charge < -0.3 is 9.80 Å². The lowest BCUT2D eigenvalue weighted by Gasteiger charge is -2.31. The van der Waals surface area contributed by atoms with E-state index in [1.165, 1.54) is 12.8 Å². The monoisotopic (exact) mass is 352 g/mol. The Balaban J connectivity index is 2.07. The van der Waals surface area contributed by atoms with Gasteiger partial charge in [-0.2, -0.15) is 0 Å². The van der Waals surface area contributed by atoms with E-state index in [1.807, 2.05) is 29.2 Å². The Hall–Kier alpha value is -2.43. The van der Waals surface area contributed by atoms with Gasteiger partial charge in [0.25, 0.3) is 5.91 Å². The van der Waals surface area contributed by atoms with Gasteiger partial charge in [0.05, 0.1) is 0 Å². The Morgan fingerprint density at radius 2 is 1.62 bits per heavy atom. The standard InChI is InChI=1S/C21H28N4O/c1-15(2)25(16(3)4)21(26)18-10-6-5-9-17(18)19-20(23-12-11-22-19)24-13-7-8-14-24/h5-6,9-12,15-16H,7-8,13-14H2,1-4H3. The van der Waals surface area contributed by atoms with Crippen LogP contribution in [0.5, 0.6) is 0 Å². The first-order valence-corrected chi connectivity index (χ1v) is 9.48. The Bertz CT molecular complexity index is 758. The van der Waals surface area contributed by atoms with Gasteiger partial charge in [-0.05, 0) is 46.6 Å². The summed E-state index contributed by atoms with van der Waals surface area (Å²) in [7, 11) is 0.